The van der Waals surface area contributed by atoms with Crippen molar-refractivity contribution < 1.29 is 15.0 Å². The van der Waals surface area contributed by atoms with Crippen molar-refractivity contribution in [1.82, 2.24) is 10.2 Å². The van der Waals surface area contributed by atoms with Gasteiger partial charge >= 0.3 is 0 Å². The summed E-state index contributed by atoms with van der Waals surface area (Å²) in [5, 5.41) is 22.0. The summed E-state index contributed by atoms with van der Waals surface area (Å²) >= 11 is 0. The van der Waals surface area contributed by atoms with Gasteiger partial charge in [0.25, 0.3) is 0 Å². The molecule has 0 heterocycles. The quantitative estimate of drug-likeness (QED) is 0.147. The number of nitrogens with zero attached hydrogens (tertiary/aromatic N) is 1. The zero-order valence-corrected chi connectivity index (χ0v) is 19.4. The van der Waals surface area contributed by atoms with Crippen LogP contribution in [-0.2, 0) is 4.79 Å². The van der Waals surface area contributed by atoms with Crippen LogP contribution in [0, 0.1) is 0 Å². The smallest absolute Gasteiger partial charge is 0.220 e. The van der Waals surface area contributed by atoms with Gasteiger partial charge < -0.3 is 15.5 Å². The first-order valence-electron chi connectivity index (χ1n) is 12.0. The van der Waals surface area contributed by atoms with Gasteiger partial charge in [-0.25, -0.2) is 0 Å². The van der Waals surface area contributed by atoms with Crippen LogP contribution in [0.5, 0.6) is 0 Å². The van der Waals surface area contributed by atoms with Gasteiger partial charge in [-0.2, -0.15) is 0 Å². The maximum Gasteiger partial charge on any atom is 0.220 e. The molecule has 0 radical (unpaired) electrons. The van der Waals surface area contributed by atoms with Gasteiger partial charge in [0.1, 0.15) is 12.5 Å². The van der Waals surface area contributed by atoms with Crippen molar-refractivity contribution in [1.29, 1.82) is 0 Å². The molecule has 0 saturated heterocycles. The zero-order valence-electron chi connectivity index (χ0n) is 19.4. The number of nitrogens with one attached hydrogen (secondary N) is 1. The van der Waals surface area contributed by atoms with E-state index in [4.69, 9.17) is 0 Å². The van der Waals surface area contributed by atoms with Gasteiger partial charge in [-0.3, -0.25) is 9.69 Å². The molecule has 1 amide bonds. The maximum atomic E-state index is 11.8. The lowest BCUT2D eigenvalue weighted by atomic mass is 10.1. The number of unbranched alkanes of at least 4 members (excludes halogenated alkanes) is 11. The standard InChI is InChI=1S/C24H48N2O3/c1-4-5-6-7-8-9-10-11-12-13-14-15-16-17-18-19-24(29)25-20-21-26(22(2)27)23(3)28/h11-12,22-23,27-28H,4-10,13-21H2,1-3H3,(H,25,29). The Morgan fingerprint density at radius 3 is 1.83 bits per heavy atom. The molecule has 2 unspecified atom stereocenters. The Morgan fingerprint density at radius 2 is 1.31 bits per heavy atom. The second-order valence-electron chi connectivity index (χ2n) is 8.19. The van der Waals surface area contributed by atoms with Crippen molar-refractivity contribution in [2.75, 3.05) is 13.1 Å². The summed E-state index contributed by atoms with van der Waals surface area (Å²) in [6, 6.07) is 0. The van der Waals surface area contributed by atoms with E-state index < -0.39 is 12.5 Å². The van der Waals surface area contributed by atoms with Crippen molar-refractivity contribution in [3.63, 3.8) is 0 Å². The Labute approximate surface area is 180 Å². The van der Waals surface area contributed by atoms with Crippen LogP contribution in [0.2, 0.25) is 0 Å². The fourth-order valence-electron chi connectivity index (χ4n) is 3.45. The average molecular weight is 413 g/mol. The van der Waals surface area contributed by atoms with E-state index in [0.29, 0.717) is 19.5 Å². The van der Waals surface area contributed by atoms with Gasteiger partial charge in [-0.05, 0) is 46.0 Å². The molecule has 172 valence electrons. The fraction of sp³-hybridized carbons (Fsp3) is 0.875. The molecule has 0 saturated carbocycles. The molecule has 0 aliphatic carbocycles. The third-order valence-electron chi connectivity index (χ3n) is 5.32. The molecular formula is C24H48N2O3. The van der Waals surface area contributed by atoms with Crippen LogP contribution >= 0.6 is 0 Å². The molecule has 0 fully saturated rings. The van der Waals surface area contributed by atoms with Gasteiger partial charge in [0.05, 0.1) is 0 Å². The molecule has 0 bridgehead atoms. The summed E-state index contributed by atoms with van der Waals surface area (Å²) in [5.74, 6) is 0.0544. The lowest BCUT2D eigenvalue weighted by molar-refractivity contribution is -0.122. The van der Waals surface area contributed by atoms with Crippen molar-refractivity contribution in [2.24, 2.45) is 0 Å². The second kappa shape index (κ2) is 20.4. The molecule has 5 nitrogen and oxygen atoms in total. The van der Waals surface area contributed by atoms with E-state index in [1.807, 2.05) is 0 Å². The monoisotopic (exact) mass is 412 g/mol. The summed E-state index contributed by atoms with van der Waals surface area (Å²) in [4.78, 5) is 13.4. The number of aliphatic hydroxyl groups is 2. The van der Waals surface area contributed by atoms with Crippen molar-refractivity contribution in [2.45, 2.75) is 123 Å². The largest absolute Gasteiger partial charge is 0.379 e. The first-order valence-corrected chi connectivity index (χ1v) is 12.0. The Bertz CT molecular complexity index is 390. The third kappa shape index (κ3) is 18.8. The van der Waals surface area contributed by atoms with Crippen LogP contribution in [-0.4, -0.2) is 46.6 Å². The molecule has 3 N–H and O–H groups in total. The van der Waals surface area contributed by atoms with Gasteiger partial charge in [0.15, 0.2) is 0 Å². The first kappa shape index (κ1) is 28.1. The Kier molecular flexibility index (Phi) is 19.7. The van der Waals surface area contributed by atoms with E-state index in [9.17, 15) is 15.0 Å². The maximum absolute atomic E-state index is 11.8. The predicted molar refractivity (Wildman–Crippen MR) is 123 cm³/mol. The number of hydrogen-bond donors (Lipinski definition) is 3. The van der Waals surface area contributed by atoms with Gasteiger partial charge in [0, 0.05) is 19.5 Å². The van der Waals surface area contributed by atoms with Crippen molar-refractivity contribution in [3.8, 4) is 0 Å². The average Bonchev–Trinajstić information content (AvgIpc) is 2.67. The van der Waals surface area contributed by atoms with Crippen LogP contribution in [0.3, 0.4) is 0 Å². The van der Waals surface area contributed by atoms with E-state index in [1.165, 1.54) is 75.5 Å². The highest BCUT2D eigenvalue weighted by molar-refractivity contribution is 5.75. The van der Waals surface area contributed by atoms with Gasteiger partial charge in [-0.1, -0.05) is 70.4 Å². The van der Waals surface area contributed by atoms with Gasteiger partial charge in [-0.15, -0.1) is 0 Å². The minimum Gasteiger partial charge on any atom is -0.379 e. The molecule has 0 aromatic rings. The van der Waals surface area contributed by atoms with Crippen LogP contribution in [0.15, 0.2) is 12.2 Å². The molecule has 0 aliphatic heterocycles. The summed E-state index contributed by atoms with van der Waals surface area (Å²) in [6.45, 7) is 6.36. The molecule has 0 spiro atoms. The Morgan fingerprint density at radius 1 is 0.828 bits per heavy atom. The van der Waals surface area contributed by atoms with Crippen LogP contribution < -0.4 is 5.32 Å². The van der Waals surface area contributed by atoms with Crippen LogP contribution in [0.4, 0.5) is 0 Å². The summed E-state index contributed by atoms with van der Waals surface area (Å²) in [5.41, 5.74) is 0. The molecular weight excluding hydrogens is 364 g/mol. The number of amides is 1. The van der Waals surface area contributed by atoms with E-state index in [2.05, 4.69) is 24.4 Å². The Hall–Kier alpha value is -0.910. The van der Waals surface area contributed by atoms with Crippen LogP contribution in [0.25, 0.3) is 0 Å². The molecule has 0 aromatic heterocycles. The van der Waals surface area contributed by atoms with Crippen molar-refractivity contribution in [3.05, 3.63) is 12.2 Å². The molecule has 0 aromatic carbocycles. The Balaban J connectivity index is 3.41. The van der Waals surface area contributed by atoms with E-state index >= 15 is 0 Å². The minimum atomic E-state index is -0.725. The van der Waals surface area contributed by atoms with E-state index in [1.54, 1.807) is 13.8 Å². The zero-order chi connectivity index (χ0) is 21.7. The SMILES string of the molecule is CCCCCCCCC=CCCCCCCCC(=O)NCCN(C(C)O)C(C)O. The second-order valence-corrected chi connectivity index (χ2v) is 8.19. The summed E-state index contributed by atoms with van der Waals surface area (Å²) in [6.07, 6.45) is 20.1. The van der Waals surface area contributed by atoms with Crippen LogP contribution in [0.1, 0.15) is 111 Å². The highest BCUT2D eigenvalue weighted by Crippen LogP contribution is 2.10. The first-order chi connectivity index (χ1) is 14.0. The molecule has 29 heavy (non-hydrogen) atoms. The van der Waals surface area contributed by atoms with E-state index in [0.717, 1.165) is 12.8 Å². The number of hydrogen-bond acceptors (Lipinski definition) is 4. The molecule has 2 atom stereocenters. The lowest BCUT2D eigenvalue weighted by Gasteiger charge is -2.27. The summed E-state index contributed by atoms with van der Waals surface area (Å²) < 4.78 is 0. The number of carbonyl (C=O) groups is 1. The molecule has 5 heteroatoms. The van der Waals surface area contributed by atoms with Gasteiger partial charge in [0.2, 0.25) is 5.91 Å². The molecule has 0 aliphatic rings. The summed E-state index contributed by atoms with van der Waals surface area (Å²) in [7, 11) is 0. The number of aliphatic hydroxyl groups excluding tert-OH is 2. The number of rotatable bonds is 20. The van der Waals surface area contributed by atoms with E-state index in [-0.39, 0.29) is 5.91 Å². The fourth-order valence-corrected chi connectivity index (χ4v) is 3.45. The lowest BCUT2D eigenvalue weighted by Crippen LogP contribution is -2.44. The highest BCUT2D eigenvalue weighted by atomic mass is 16.3. The predicted octanol–water partition coefficient (Wildman–Crippen LogP) is 5.12. The topological polar surface area (TPSA) is 72.8 Å². The number of allylic oxidation sites excluding steroid dienone is 2. The normalized spacial score (nSPS) is 13.9. The third-order valence-corrected chi connectivity index (χ3v) is 5.32. The highest BCUT2D eigenvalue weighted by Gasteiger charge is 2.15. The van der Waals surface area contributed by atoms with Crippen molar-refractivity contribution >= 4 is 5.91 Å². The molecule has 0 rings (SSSR count). The minimum absolute atomic E-state index is 0.0544. The number of carbonyl (C=O) groups excluding carboxylic acids is 1.